The van der Waals surface area contributed by atoms with Gasteiger partial charge in [0.15, 0.2) is 0 Å². The number of hydrogen-bond acceptors (Lipinski definition) is 3. The molecule has 2 heterocycles. The molecule has 1 aliphatic heterocycles. The van der Waals surface area contributed by atoms with Crippen molar-refractivity contribution in [1.29, 1.82) is 0 Å². The largest absolute Gasteiger partial charge is 0.316 e. The molecule has 120 valence electrons. The number of amides is 1. The smallest absolute Gasteiger partial charge is 0.228 e. The quantitative estimate of drug-likeness (QED) is 0.896. The zero-order valence-corrected chi connectivity index (χ0v) is 14.4. The Bertz CT molecular complexity index is 488. The van der Waals surface area contributed by atoms with Gasteiger partial charge in [0.2, 0.25) is 5.91 Å². The molecular weight excluding hydrogens is 288 g/mol. The number of aryl methyl sites for hydroxylation is 1. The lowest BCUT2D eigenvalue weighted by Gasteiger charge is -2.31. The Morgan fingerprint density at radius 3 is 2.62 bits per heavy atom. The maximum Gasteiger partial charge on any atom is 0.228 e. The number of halogens is 1. The second-order valence-electron chi connectivity index (χ2n) is 7.08. The van der Waals surface area contributed by atoms with E-state index in [-0.39, 0.29) is 29.6 Å². The molecule has 1 aliphatic rings. The van der Waals surface area contributed by atoms with Crippen LogP contribution in [0.3, 0.4) is 0 Å². The molecule has 2 rings (SSSR count). The predicted octanol–water partition coefficient (Wildman–Crippen LogP) is 2.22. The summed E-state index contributed by atoms with van der Waals surface area (Å²) in [6.45, 7) is 10.4. The molecule has 0 aliphatic carbocycles. The van der Waals surface area contributed by atoms with E-state index in [1.165, 1.54) is 0 Å². The van der Waals surface area contributed by atoms with E-state index in [1.54, 1.807) is 4.68 Å². The molecular formula is C15H27ClN4O. The van der Waals surface area contributed by atoms with Crippen molar-refractivity contribution in [3.63, 3.8) is 0 Å². The van der Waals surface area contributed by atoms with Gasteiger partial charge in [0, 0.05) is 19.0 Å². The van der Waals surface area contributed by atoms with Crippen molar-refractivity contribution in [2.75, 3.05) is 18.4 Å². The summed E-state index contributed by atoms with van der Waals surface area (Å²) in [4.78, 5) is 12.2. The van der Waals surface area contributed by atoms with Crippen molar-refractivity contribution >= 4 is 24.1 Å². The number of carbonyl (C=O) groups excluding carboxylic acids is 1. The molecule has 1 atom stereocenters. The number of anilines is 1. The average Bonchev–Trinajstić information content (AvgIpc) is 2.53. The molecule has 21 heavy (non-hydrogen) atoms. The number of carbonyl (C=O) groups is 1. The molecule has 1 unspecified atom stereocenters. The summed E-state index contributed by atoms with van der Waals surface area (Å²) in [5, 5.41) is 10.7. The Morgan fingerprint density at radius 1 is 1.52 bits per heavy atom. The van der Waals surface area contributed by atoms with Crippen LogP contribution in [0.2, 0.25) is 0 Å². The van der Waals surface area contributed by atoms with Crippen LogP contribution < -0.4 is 10.6 Å². The van der Waals surface area contributed by atoms with Gasteiger partial charge in [-0.2, -0.15) is 5.10 Å². The first-order chi connectivity index (χ1) is 9.26. The number of nitrogens with one attached hydrogen (secondary N) is 2. The highest BCUT2D eigenvalue weighted by molar-refractivity contribution is 5.91. The SMILES string of the molecule is CC(C(=O)Nc1cc(CC(C)(C)C)nn1C)C1CNC1.Cl. The van der Waals surface area contributed by atoms with E-state index in [4.69, 9.17) is 0 Å². The van der Waals surface area contributed by atoms with Crippen LogP contribution in [0, 0.1) is 17.3 Å². The normalized spacial score (nSPS) is 16.8. The minimum atomic E-state index is 0. The van der Waals surface area contributed by atoms with Crippen LogP contribution in [0.15, 0.2) is 6.07 Å². The predicted molar refractivity (Wildman–Crippen MR) is 87.8 cm³/mol. The highest BCUT2D eigenvalue weighted by Crippen LogP contribution is 2.23. The molecule has 0 bridgehead atoms. The summed E-state index contributed by atoms with van der Waals surface area (Å²) < 4.78 is 1.75. The first kappa shape index (κ1) is 18.0. The lowest BCUT2D eigenvalue weighted by Crippen LogP contribution is -2.48. The second-order valence-corrected chi connectivity index (χ2v) is 7.08. The Labute approximate surface area is 133 Å². The monoisotopic (exact) mass is 314 g/mol. The van der Waals surface area contributed by atoms with E-state index in [9.17, 15) is 4.79 Å². The lowest BCUT2D eigenvalue weighted by atomic mass is 9.88. The summed E-state index contributed by atoms with van der Waals surface area (Å²) in [5.74, 6) is 1.37. The number of nitrogens with zero attached hydrogens (tertiary/aromatic N) is 2. The van der Waals surface area contributed by atoms with Crippen LogP contribution in [0.25, 0.3) is 0 Å². The van der Waals surface area contributed by atoms with Gasteiger partial charge in [0.1, 0.15) is 5.82 Å². The zero-order chi connectivity index (χ0) is 14.9. The van der Waals surface area contributed by atoms with Gasteiger partial charge in [0.05, 0.1) is 5.69 Å². The van der Waals surface area contributed by atoms with Gasteiger partial charge in [0.25, 0.3) is 0 Å². The fraction of sp³-hybridized carbons (Fsp3) is 0.733. The first-order valence-corrected chi connectivity index (χ1v) is 7.31. The van der Waals surface area contributed by atoms with Crippen molar-refractivity contribution in [3.8, 4) is 0 Å². The summed E-state index contributed by atoms with van der Waals surface area (Å²) in [6, 6.07) is 1.98. The Kier molecular flexibility index (Phi) is 5.82. The molecule has 0 spiro atoms. The van der Waals surface area contributed by atoms with Crippen LogP contribution in [0.1, 0.15) is 33.4 Å². The van der Waals surface area contributed by atoms with Gasteiger partial charge < -0.3 is 10.6 Å². The van der Waals surface area contributed by atoms with Crippen LogP contribution in [-0.4, -0.2) is 28.8 Å². The van der Waals surface area contributed by atoms with Crippen LogP contribution >= 0.6 is 12.4 Å². The van der Waals surface area contributed by atoms with Crippen LogP contribution in [0.5, 0.6) is 0 Å². The minimum absolute atomic E-state index is 0. The molecule has 1 saturated heterocycles. The molecule has 0 saturated carbocycles. The van der Waals surface area contributed by atoms with E-state index in [0.717, 1.165) is 31.0 Å². The maximum absolute atomic E-state index is 12.2. The van der Waals surface area contributed by atoms with E-state index in [0.29, 0.717) is 5.92 Å². The lowest BCUT2D eigenvalue weighted by molar-refractivity contribution is -0.121. The summed E-state index contributed by atoms with van der Waals surface area (Å²) in [5.41, 5.74) is 1.22. The van der Waals surface area contributed by atoms with Crippen LogP contribution in [-0.2, 0) is 18.3 Å². The first-order valence-electron chi connectivity index (χ1n) is 7.31. The number of rotatable bonds is 4. The third kappa shape index (κ3) is 4.71. The number of hydrogen-bond donors (Lipinski definition) is 2. The molecule has 1 aromatic rings. The zero-order valence-electron chi connectivity index (χ0n) is 13.6. The molecule has 1 aromatic heterocycles. The van der Waals surface area contributed by atoms with Gasteiger partial charge >= 0.3 is 0 Å². The standard InChI is InChI=1S/C15H26N4O.ClH/c1-10(11-8-16-9-11)14(20)17-13-6-12(18-19(13)5)7-15(2,3)4;/h6,10-11,16H,7-9H2,1-5H3,(H,17,20);1H. The van der Waals surface area contributed by atoms with Gasteiger partial charge in [-0.15, -0.1) is 12.4 Å². The van der Waals surface area contributed by atoms with E-state index < -0.39 is 0 Å². The van der Waals surface area contributed by atoms with Crippen molar-refractivity contribution in [1.82, 2.24) is 15.1 Å². The van der Waals surface area contributed by atoms with Gasteiger partial charge in [-0.05, 0) is 30.8 Å². The highest BCUT2D eigenvalue weighted by atomic mass is 35.5. The average molecular weight is 315 g/mol. The van der Waals surface area contributed by atoms with Crippen molar-refractivity contribution in [3.05, 3.63) is 11.8 Å². The van der Waals surface area contributed by atoms with E-state index in [2.05, 4.69) is 36.5 Å². The van der Waals surface area contributed by atoms with Crippen molar-refractivity contribution in [2.45, 2.75) is 34.1 Å². The molecule has 5 nitrogen and oxygen atoms in total. The summed E-state index contributed by atoms with van der Waals surface area (Å²) >= 11 is 0. The van der Waals surface area contributed by atoms with Crippen molar-refractivity contribution in [2.24, 2.45) is 24.3 Å². The topological polar surface area (TPSA) is 59.0 Å². The highest BCUT2D eigenvalue weighted by Gasteiger charge is 2.29. The molecule has 0 aromatic carbocycles. The van der Waals surface area contributed by atoms with Gasteiger partial charge in [-0.3, -0.25) is 9.48 Å². The Hall–Kier alpha value is -1.07. The Morgan fingerprint density at radius 2 is 2.14 bits per heavy atom. The third-order valence-electron chi connectivity index (χ3n) is 3.83. The van der Waals surface area contributed by atoms with Gasteiger partial charge in [-0.25, -0.2) is 0 Å². The van der Waals surface area contributed by atoms with Crippen molar-refractivity contribution < 1.29 is 4.79 Å². The van der Waals surface area contributed by atoms with Crippen LogP contribution in [0.4, 0.5) is 5.82 Å². The fourth-order valence-electron chi connectivity index (χ4n) is 2.39. The number of aromatic nitrogens is 2. The van der Waals surface area contributed by atoms with E-state index >= 15 is 0 Å². The molecule has 1 fully saturated rings. The van der Waals surface area contributed by atoms with E-state index in [1.807, 2.05) is 20.0 Å². The minimum Gasteiger partial charge on any atom is -0.316 e. The second kappa shape index (κ2) is 6.79. The summed E-state index contributed by atoms with van der Waals surface area (Å²) in [7, 11) is 1.87. The molecule has 2 N–H and O–H groups in total. The van der Waals surface area contributed by atoms with Gasteiger partial charge in [-0.1, -0.05) is 27.7 Å². The molecule has 6 heteroatoms. The molecule has 0 radical (unpaired) electrons. The maximum atomic E-state index is 12.2. The Balaban J connectivity index is 0.00000220. The molecule has 1 amide bonds. The fourth-order valence-corrected chi connectivity index (χ4v) is 2.39. The summed E-state index contributed by atoms with van der Waals surface area (Å²) in [6.07, 6.45) is 0.902. The third-order valence-corrected chi connectivity index (χ3v) is 3.83.